The van der Waals surface area contributed by atoms with Crippen LogP contribution in [0.5, 0.6) is 0 Å². The van der Waals surface area contributed by atoms with E-state index in [1.165, 1.54) is 6.07 Å². The van der Waals surface area contributed by atoms with Gasteiger partial charge in [-0.1, -0.05) is 28.9 Å². The van der Waals surface area contributed by atoms with Crippen LogP contribution in [0.1, 0.15) is 30.6 Å². The van der Waals surface area contributed by atoms with Crippen LogP contribution in [-0.2, 0) is 13.5 Å². The molecule has 1 heterocycles. The third kappa shape index (κ3) is 3.46. The van der Waals surface area contributed by atoms with Gasteiger partial charge in [-0.15, -0.1) is 0 Å². The molecule has 0 fully saturated rings. The maximum atomic E-state index is 14.1. The number of nitrogens with one attached hydrogen (secondary N) is 1. The highest BCUT2D eigenvalue weighted by Gasteiger charge is 2.18. The Kier molecular flexibility index (Phi) is 5.31. The van der Waals surface area contributed by atoms with Crippen LogP contribution in [0.3, 0.4) is 0 Å². The monoisotopic (exact) mass is 339 g/mol. The van der Waals surface area contributed by atoms with E-state index in [-0.39, 0.29) is 11.9 Å². The summed E-state index contributed by atoms with van der Waals surface area (Å²) in [6, 6.07) is 7.10. The van der Waals surface area contributed by atoms with Crippen molar-refractivity contribution < 1.29 is 4.39 Å². The first-order valence-corrected chi connectivity index (χ1v) is 7.57. The van der Waals surface area contributed by atoms with Crippen LogP contribution in [0, 0.1) is 5.82 Å². The molecule has 0 saturated heterocycles. The van der Waals surface area contributed by atoms with Gasteiger partial charge in [0.25, 0.3) is 0 Å². The van der Waals surface area contributed by atoms with Gasteiger partial charge in [0.15, 0.2) is 0 Å². The van der Waals surface area contributed by atoms with Crippen molar-refractivity contribution in [1.29, 1.82) is 0 Å². The highest BCUT2D eigenvalue weighted by Crippen LogP contribution is 2.29. The summed E-state index contributed by atoms with van der Waals surface area (Å²) in [6.45, 7) is 2.84. The summed E-state index contributed by atoms with van der Waals surface area (Å²) in [6.07, 6.45) is 3.47. The third-order valence-corrected chi connectivity index (χ3v) is 4.10. The predicted octanol–water partition coefficient (Wildman–Crippen LogP) is 3.61. The number of rotatable bonds is 6. The van der Waals surface area contributed by atoms with Crippen LogP contribution in [-0.4, -0.2) is 16.3 Å². The lowest BCUT2D eigenvalue weighted by atomic mass is 10.0. The average Bonchev–Trinajstić information content (AvgIpc) is 2.81. The molecule has 0 aliphatic heterocycles. The standard InChI is InChI=1S/C15H19BrFN3/c1-3-18-14(8-7-11-9-10-19-20(11)2)15-12(16)5-4-6-13(15)17/h4-6,9-10,14,18H,3,7-8H2,1-2H3. The molecule has 1 aromatic heterocycles. The summed E-state index contributed by atoms with van der Waals surface area (Å²) in [7, 11) is 1.93. The Morgan fingerprint density at radius 3 is 2.80 bits per heavy atom. The highest BCUT2D eigenvalue weighted by atomic mass is 79.9. The molecule has 1 atom stereocenters. The Balaban J connectivity index is 2.17. The molecule has 5 heteroatoms. The van der Waals surface area contributed by atoms with Crippen molar-refractivity contribution in [3.63, 3.8) is 0 Å². The Hall–Kier alpha value is -1.20. The smallest absolute Gasteiger partial charge is 0.129 e. The molecule has 0 aliphatic carbocycles. The lowest BCUT2D eigenvalue weighted by Crippen LogP contribution is -2.23. The van der Waals surface area contributed by atoms with Gasteiger partial charge in [-0.2, -0.15) is 5.10 Å². The summed E-state index contributed by atoms with van der Waals surface area (Å²) >= 11 is 3.45. The lowest BCUT2D eigenvalue weighted by molar-refractivity contribution is 0.477. The molecular formula is C15H19BrFN3. The maximum absolute atomic E-state index is 14.1. The minimum atomic E-state index is -0.171. The minimum Gasteiger partial charge on any atom is -0.310 e. The Bertz CT molecular complexity index is 548. The summed E-state index contributed by atoms with van der Waals surface area (Å²) in [4.78, 5) is 0. The van der Waals surface area contributed by atoms with Gasteiger partial charge in [-0.25, -0.2) is 4.39 Å². The van der Waals surface area contributed by atoms with Crippen LogP contribution in [0.15, 0.2) is 34.9 Å². The molecular weight excluding hydrogens is 321 g/mol. The van der Waals surface area contributed by atoms with Gasteiger partial charge in [0.1, 0.15) is 5.82 Å². The lowest BCUT2D eigenvalue weighted by Gasteiger charge is -2.20. The molecule has 20 heavy (non-hydrogen) atoms. The third-order valence-electron chi connectivity index (χ3n) is 3.41. The molecule has 2 aromatic rings. The maximum Gasteiger partial charge on any atom is 0.129 e. The van der Waals surface area contributed by atoms with E-state index in [1.807, 2.05) is 30.8 Å². The fourth-order valence-corrected chi connectivity index (χ4v) is 3.00. The minimum absolute atomic E-state index is 0.00882. The molecule has 108 valence electrons. The number of hydrogen-bond donors (Lipinski definition) is 1. The predicted molar refractivity (Wildman–Crippen MR) is 82.0 cm³/mol. The quantitative estimate of drug-likeness (QED) is 0.871. The molecule has 1 unspecified atom stereocenters. The molecule has 0 bridgehead atoms. The van der Waals surface area contributed by atoms with Crippen molar-refractivity contribution in [2.24, 2.45) is 7.05 Å². The summed E-state index contributed by atoms with van der Waals surface area (Å²) < 4.78 is 16.8. The van der Waals surface area contributed by atoms with Gasteiger partial charge in [0.05, 0.1) is 0 Å². The van der Waals surface area contributed by atoms with Gasteiger partial charge in [0, 0.05) is 35.0 Å². The molecule has 0 radical (unpaired) electrons. The Labute approximate surface area is 127 Å². The van der Waals surface area contributed by atoms with Gasteiger partial charge in [-0.05, 0) is 37.6 Å². The largest absolute Gasteiger partial charge is 0.310 e. The van der Waals surface area contributed by atoms with E-state index < -0.39 is 0 Å². The van der Waals surface area contributed by atoms with E-state index in [4.69, 9.17) is 0 Å². The summed E-state index contributed by atoms with van der Waals surface area (Å²) in [5.74, 6) is -0.171. The van der Waals surface area contributed by atoms with Crippen molar-refractivity contribution in [1.82, 2.24) is 15.1 Å². The van der Waals surface area contributed by atoms with Crippen LogP contribution in [0.2, 0.25) is 0 Å². The highest BCUT2D eigenvalue weighted by molar-refractivity contribution is 9.10. The van der Waals surface area contributed by atoms with Crippen molar-refractivity contribution in [3.8, 4) is 0 Å². The first-order valence-electron chi connectivity index (χ1n) is 6.77. The first kappa shape index (κ1) is 15.2. The molecule has 0 aliphatic rings. The second kappa shape index (κ2) is 6.99. The van der Waals surface area contributed by atoms with Crippen molar-refractivity contribution >= 4 is 15.9 Å². The van der Waals surface area contributed by atoms with Crippen LogP contribution in [0.4, 0.5) is 4.39 Å². The molecule has 1 N–H and O–H groups in total. The van der Waals surface area contributed by atoms with E-state index in [9.17, 15) is 4.39 Å². The summed E-state index contributed by atoms with van der Waals surface area (Å²) in [5.41, 5.74) is 1.86. The van der Waals surface area contributed by atoms with Crippen LogP contribution in [0.25, 0.3) is 0 Å². The topological polar surface area (TPSA) is 29.9 Å². The first-order chi connectivity index (χ1) is 9.63. The zero-order valence-electron chi connectivity index (χ0n) is 11.7. The SMILES string of the molecule is CCNC(CCc1ccnn1C)c1c(F)cccc1Br. The number of benzene rings is 1. The molecule has 0 saturated carbocycles. The van der Waals surface area contributed by atoms with Crippen LogP contribution >= 0.6 is 15.9 Å². The van der Waals surface area contributed by atoms with Crippen molar-refractivity contribution in [2.45, 2.75) is 25.8 Å². The number of nitrogens with zero attached hydrogens (tertiary/aromatic N) is 2. The van der Waals surface area contributed by atoms with E-state index in [2.05, 4.69) is 26.3 Å². The molecule has 1 aromatic carbocycles. The fourth-order valence-electron chi connectivity index (χ4n) is 2.38. The van der Waals surface area contributed by atoms with Gasteiger partial charge < -0.3 is 5.32 Å². The number of halogens is 2. The molecule has 0 amide bonds. The molecule has 2 rings (SSSR count). The normalized spacial score (nSPS) is 12.6. The summed E-state index contributed by atoms with van der Waals surface area (Å²) in [5, 5.41) is 7.52. The zero-order chi connectivity index (χ0) is 14.5. The van der Waals surface area contributed by atoms with E-state index in [0.29, 0.717) is 5.56 Å². The second-order valence-electron chi connectivity index (χ2n) is 4.73. The van der Waals surface area contributed by atoms with E-state index in [1.54, 1.807) is 12.3 Å². The zero-order valence-corrected chi connectivity index (χ0v) is 13.3. The number of hydrogen-bond acceptors (Lipinski definition) is 2. The van der Waals surface area contributed by atoms with Gasteiger partial charge >= 0.3 is 0 Å². The Morgan fingerprint density at radius 2 is 2.20 bits per heavy atom. The molecule has 3 nitrogen and oxygen atoms in total. The van der Waals surface area contributed by atoms with Crippen molar-refractivity contribution in [3.05, 3.63) is 52.0 Å². The van der Waals surface area contributed by atoms with E-state index >= 15 is 0 Å². The number of aromatic nitrogens is 2. The van der Waals surface area contributed by atoms with Gasteiger partial charge in [0.2, 0.25) is 0 Å². The second-order valence-corrected chi connectivity index (χ2v) is 5.58. The molecule has 0 spiro atoms. The Morgan fingerprint density at radius 1 is 1.40 bits per heavy atom. The number of aryl methyl sites for hydroxylation is 2. The average molecular weight is 340 g/mol. The van der Waals surface area contributed by atoms with Crippen LogP contribution < -0.4 is 5.32 Å². The van der Waals surface area contributed by atoms with Gasteiger partial charge in [-0.3, -0.25) is 4.68 Å². The van der Waals surface area contributed by atoms with E-state index in [0.717, 1.165) is 29.6 Å². The fraction of sp³-hybridized carbons (Fsp3) is 0.400. The van der Waals surface area contributed by atoms with Crippen molar-refractivity contribution in [2.75, 3.05) is 6.54 Å².